The van der Waals surface area contributed by atoms with E-state index in [1.54, 1.807) is 12.1 Å². The van der Waals surface area contributed by atoms with E-state index in [4.69, 9.17) is 0 Å². The number of ether oxygens (including phenoxy) is 1. The summed E-state index contributed by atoms with van der Waals surface area (Å²) in [6.45, 7) is 0. The van der Waals surface area contributed by atoms with Crippen LogP contribution >= 0.6 is 0 Å². The van der Waals surface area contributed by atoms with Crippen molar-refractivity contribution in [3.8, 4) is 0 Å². The van der Waals surface area contributed by atoms with Crippen LogP contribution in [0.25, 0.3) is 0 Å². The van der Waals surface area contributed by atoms with Crippen LogP contribution in [-0.4, -0.2) is 21.5 Å². The number of carbonyl (C=O) groups is 1. The van der Waals surface area contributed by atoms with Gasteiger partial charge in [-0.2, -0.15) is 0 Å². The summed E-state index contributed by atoms with van der Waals surface area (Å²) in [7, 11) is -1.98. The number of sulfonamides is 1. The molecule has 0 aliphatic carbocycles. The van der Waals surface area contributed by atoms with Crippen LogP contribution in [0.15, 0.2) is 18.2 Å². The Morgan fingerprint density at radius 1 is 1.53 bits per heavy atom. The standard InChI is InChI=1S/C9H9NO4S.H2/c1-14-9(11)6-2-3-7-5-15(12,13)10-8(7)4-6;/h2-4,10H,5H2,1H3;1H. The minimum Gasteiger partial charge on any atom is -0.465 e. The van der Waals surface area contributed by atoms with E-state index in [2.05, 4.69) is 9.46 Å². The quantitative estimate of drug-likeness (QED) is 0.728. The van der Waals surface area contributed by atoms with Gasteiger partial charge < -0.3 is 4.74 Å². The summed E-state index contributed by atoms with van der Waals surface area (Å²) in [5.41, 5.74) is 1.46. The molecule has 0 radical (unpaired) electrons. The fourth-order valence-electron chi connectivity index (χ4n) is 1.45. The maximum Gasteiger partial charge on any atom is 0.337 e. The molecule has 2 rings (SSSR count). The van der Waals surface area contributed by atoms with E-state index in [1.165, 1.54) is 13.2 Å². The maximum absolute atomic E-state index is 11.2. The average molecular weight is 229 g/mol. The van der Waals surface area contributed by atoms with Crippen molar-refractivity contribution in [3.05, 3.63) is 29.3 Å². The minimum atomic E-state index is -3.26. The highest BCUT2D eigenvalue weighted by Crippen LogP contribution is 2.27. The highest BCUT2D eigenvalue weighted by molar-refractivity contribution is 7.92. The zero-order valence-electron chi connectivity index (χ0n) is 7.98. The topological polar surface area (TPSA) is 72.5 Å². The Morgan fingerprint density at radius 2 is 2.27 bits per heavy atom. The molecule has 15 heavy (non-hydrogen) atoms. The molecule has 0 saturated carbocycles. The molecule has 0 unspecified atom stereocenters. The minimum absolute atomic E-state index is 0. The van der Waals surface area contributed by atoms with E-state index in [-0.39, 0.29) is 7.18 Å². The van der Waals surface area contributed by atoms with Gasteiger partial charge in [0.15, 0.2) is 0 Å². The molecule has 0 saturated heterocycles. The molecule has 0 fully saturated rings. The van der Waals surface area contributed by atoms with Crippen molar-refractivity contribution in [2.24, 2.45) is 0 Å². The van der Waals surface area contributed by atoms with Gasteiger partial charge in [-0.25, -0.2) is 13.2 Å². The molecule has 1 N–H and O–H groups in total. The summed E-state index contributed by atoms with van der Waals surface area (Å²) in [5.74, 6) is -0.520. The van der Waals surface area contributed by atoms with E-state index in [0.29, 0.717) is 16.8 Å². The molecule has 82 valence electrons. The van der Waals surface area contributed by atoms with Crippen LogP contribution in [0.2, 0.25) is 0 Å². The Kier molecular flexibility index (Phi) is 2.15. The van der Waals surface area contributed by atoms with E-state index in [0.717, 1.165) is 0 Å². The summed E-state index contributed by atoms with van der Waals surface area (Å²) in [6, 6.07) is 4.64. The van der Waals surface area contributed by atoms with Crippen molar-refractivity contribution in [3.63, 3.8) is 0 Å². The second kappa shape index (κ2) is 3.23. The first-order valence-electron chi connectivity index (χ1n) is 4.23. The van der Waals surface area contributed by atoms with Crippen LogP contribution in [0.3, 0.4) is 0 Å². The third-order valence-electron chi connectivity index (χ3n) is 2.14. The van der Waals surface area contributed by atoms with Gasteiger partial charge in [0.05, 0.1) is 24.1 Å². The molecule has 1 heterocycles. The van der Waals surface area contributed by atoms with Gasteiger partial charge in [-0.05, 0) is 17.7 Å². The SMILES string of the molecule is COC(=O)c1ccc2c(c1)NS(=O)(=O)C2.[HH]. The Labute approximate surface area is 88.6 Å². The molecule has 0 atom stereocenters. The molecule has 0 bridgehead atoms. The normalized spacial score (nSPS) is 16.6. The lowest BCUT2D eigenvalue weighted by Crippen LogP contribution is -2.05. The fourth-order valence-corrected chi connectivity index (χ4v) is 2.71. The van der Waals surface area contributed by atoms with Gasteiger partial charge in [0.2, 0.25) is 10.0 Å². The fraction of sp³-hybridized carbons (Fsp3) is 0.222. The molecular weight excluding hydrogens is 218 g/mol. The molecule has 1 aliphatic rings. The van der Waals surface area contributed by atoms with E-state index >= 15 is 0 Å². The van der Waals surface area contributed by atoms with Gasteiger partial charge in [0.25, 0.3) is 0 Å². The Morgan fingerprint density at radius 3 is 2.93 bits per heavy atom. The zero-order chi connectivity index (χ0) is 11.1. The molecule has 1 aromatic rings. The first-order valence-corrected chi connectivity index (χ1v) is 5.89. The number of methoxy groups -OCH3 is 1. The Hall–Kier alpha value is -1.56. The van der Waals surface area contributed by atoms with Crippen LogP contribution in [0.4, 0.5) is 5.69 Å². The smallest absolute Gasteiger partial charge is 0.337 e. The van der Waals surface area contributed by atoms with Crippen molar-refractivity contribution in [2.45, 2.75) is 5.75 Å². The molecule has 0 spiro atoms. The second-order valence-corrected chi connectivity index (χ2v) is 4.95. The van der Waals surface area contributed by atoms with E-state index < -0.39 is 16.0 Å². The largest absolute Gasteiger partial charge is 0.465 e. The summed E-state index contributed by atoms with van der Waals surface area (Å²) in [4.78, 5) is 11.2. The molecule has 0 amide bonds. The number of rotatable bonds is 1. The third kappa shape index (κ3) is 1.80. The van der Waals surface area contributed by atoms with Crippen LogP contribution in [-0.2, 0) is 20.5 Å². The Bertz CT molecular complexity index is 526. The van der Waals surface area contributed by atoms with Crippen LogP contribution in [0, 0.1) is 0 Å². The predicted octanol–water partition coefficient (Wildman–Crippen LogP) is 0.975. The van der Waals surface area contributed by atoms with Gasteiger partial charge in [-0.3, -0.25) is 4.72 Å². The molecule has 5 nitrogen and oxygen atoms in total. The second-order valence-electron chi connectivity index (χ2n) is 3.22. The number of anilines is 1. The zero-order valence-corrected chi connectivity index (χ0v) is 8.80. The van der Waals surface area contributed by atoms with Gasteiger partial charge in [-0.1, -0.05) is 6.07 Å². The molecular formula is C9H11NO4S. The Balaban J connectivity index is 0.00000128. The highest BCUT2D eigenvalue weighted by Gasteiger charge is 2.24. The van der Waals surface area contributed by atoms with Crippen molar-refractivity contribution >= 4 is 21.7 Å². The average Bonchev–Trinajstić information content (AvgIpc) is 2.49. The third-order valence-corrected chi connectivity index (χ3v) is 3.36. The number of nitrogens with one attached hydrogen (secondary N) is 1. The van der Waals surface area contributed by atoms with E-state index in [1.807, 2.05) is 0 Å². The summed E-state index contributed by atoms with van der Waals surface area (Å²) >= 11 is 0. The maximum atomic E-state index is 11.2. The van der Waals surface area contributed by atoms with Gasteiger partial charge >= 0.3 is 5.97 Å². The number of esters is 1. The lowest BCUT2D eigenvalue weighted by molar-refractivity contribution is 0.0601. The predicted molar refractivity (Wildman–Crippen MR) is 56.1 cm³/mol. The van der Waals surface area contributed by atoms with Gasteiger partial charge in [-0.15, -0.1) is 0 Å². The lowest BCUT2D eigenvalue weighted by atomic mass is 10.1. The lowest BCUT2D eigenvalue weighted by Gasteiger charge is -2.01. The monoisotopic (exact) mass is 229 g/mol. The van der Waals surface area contributed by atoms with Crippen LogP contribution in [0.1, 0.15) is 17.3 Å². The van der Waals surface area contributed by atoms with Crippen molar-refractivity contribution in [1.82, 2.24) is 0 Å². The number of benzene rings is 1. The van der Waals surface area contributed by atoms with Gasteiger partial charge in [0, 0.05) is 1.43 Å². The molecule has 1 aliphatic heterocycles. The molecule has 0 aromatic heterocycles. The van der Waals surface area contributed by atoms with Crippen molar-refractivity contribution in [2.75, 3.05) is 11.8 Å². The number of hydrogen-bond acceptors (Lipinski definition) is 4. The first-order chi connectivity index (χ1) is 7.02. The summed E-state index contributed by atoms with van der Waals surface area (Å²) < 4.78 is 29.3. The summed E-state index contributed by atoms with van der Waals surface area (Å²) in [6.07, 6.45) is 0. The van der Waals surface area contributed by atoms with Crippen LogP contribution < -0.4 is 4.72 Å². The van der Waals surface area contributed by atoms with E-state index in [9.17, 15) is 13.2 Å². The molecule has 6 heteroatoms. The summed E-state index contributed by atoms with van der Waals surface area (Å²) in [5, 5.41) is 0. The van der Waals surface area contributed by atoms with Gasteiger partial charge in [0.1, 0.15) is 0 Å². The number of fused-ring (bicyclic) bond motifs is 1. The first kappa shape index (κ1) is 9.97. The molecule has 1 aromatic carbocycles. The van der Waals surface area contributed by atoms with Crippen LogP contribution in [0.5, 0.6) is 0 Å². The van der Waals surface area contributed by atoms with Crippen molar-refractivity contribution in [1.29, 1.82) is 0 Å². The van der Waals surface area contributed by atoms with Crippen molar-refractivity contribution < 1.29 is 19.4 Å². The number of hydrogen-bond donors (Lipinski definition) is 1. The number of carbonyl (C=O) groups excluding carboxylic acids is 1. The highest BCUT2D eigenvalue weighted by atomic mass is 32.2.